The van der Waals surface area contributed by atoms with E-state index in [0.29, 0.717) is 42.5 Å². The number of anilines is 1. The molecule has 0 bridgehead atoms. The molecule has 2 aromatic carbocycles. The molecule has 42 heavy (non-hydrogen) atoms. The summed E-state index contributed by atoms with van der Waals surface area (Å²) in [7, 11) is -4.92. The Labute approximate surface area is 242 Å². The summed E-state index contributed by atoms with van der Waals surface area (Å²) < 4.78 is 11.2. The molecular formula is C29H33N4O8P. The zero-order valence-corrected chi connectivity index (χ0v) is 24.1. The summed E-state index contributed by atoms with van der Waals surface area (Å²) in [6, 6.07) is 9.10. The second-order valence-corrected chi connectivity index (χ2v) is 12.1. The lowest BCUT2D eigenvalue weighted by atomic mass is 10.0. The van der Waals surface area contributed by atoms with E-state index < -0.39 is 42.9 Å². The largest absolute Gasteiger partial charge is 0.396 e. The predicted molar refractivity (Wildman–Crippen MR) is 154 cm³/mol. The third kappa shape index (κ3) is 6.84. The van der Waals surface area contributed by atoms with E-state index in [1.165, 1.54) is 35.2 Å². The van der Waals surface area contributed by atoms with E-state index in [1.54, 1.807) is 13.8 Å². The fraction of sp³-hybridized carbons (Fsp3) is 0.345. The van der Waals surface area contributed by atoms with Gasteiger partial charge in [-0.25, -0.2) is 0 Å². The molecule has 4 amide bonds. The van der Waals surface area contributed by atoms with Crippen molar-refractivity contribution in [2.24, 2.45) is 5.73 Å². The van der Waals surface area contributed by atoms with E-state index in [-0.39, 0.29) is 23.9 Å². The number of hydrogen-bond donors (Lipinski definition) is 5. The maximum absolute atomic E-state index is 13.8. The van der Waals surface area contributed by atoms with Crippen LogP contribution in [0.25, 0.3) is 5.57 Å². The number of benzene rings is 2. The summed E-state index contributed by atoms with van der Waals surface area (Å²) >= 11 is 0. The van der Waals surface area contributed by atoms with Crippen molar-refractivity contribution >= 4 is 48.0 Å². The fourth-order valence-corrected chi connectivity index (χ4v) is 5.77. The van der Waals surface area contributed by atoms with E-state index in [9.17, 15) is 28.5 Å². The van der Waals surface area contributed by atoms with Gasteiger partial charge in [0.25, 0.3) is 5.52 Å². The van der Waals surface area contributed by atoms with Crippen LogP contribution in [0, 0.1) is 0 Å². The van der Waals surface area contributed by atoms with Crippen molar-refractivity contribution in [3.05, 3.63) is 70.8 Å². The van der Waals surface area contributed by atoms with Crippen molar-refractivity contribution in [3.8, 4) is 0 Å². The van der Waals surface area contributed by atoms with Gasteiger partial charge in [-0.1, -0.05) is 42.5 Å². The maximum atomic E-state index is 13.8. The third-order valence-electron chi connectivity index (χ3n) is 7.44. The van der Waals surface area contributed by atoms with Gasteiger partial charge in [-0.05, 0) is 55.4 Å². The molecule has 12 nitrogen and oxygen atoms in total. The monoisotopic (exact) mass is 596 g/mol. The topological polar surface area (TPSA) is 196 Å². The molecule has 3 atom stereocenters. The van der Waals surface area contributed by atoms with Crippen LogP contribution in [0.5, 0.6) is 0 Å². The van der Waals surface area contributed by atoms with Crippen LogP contribution in [0.1, 0.15) is 60.2 Å². The summed E-state index contributed by atoms with van der Waals surface area (Å²) in [5.74, 6) is -1.76. The highest BCUT2D eigenvalue weighted by molar-refractivity contribution is 7.70. The SMILES string of the molecule is C/C(=C\C(=O)N[C@H]1CCc2cccc3c2N(C1=O)[C@H](C(=O)N[C@H](C)CCC(N)=O)C3)c1ccc(C(=O)P(=O)(O)O)cc1. The molecule has 2 aliphatic heterocycles. The Hall–Kier alpha value is -4.12. The fourth-order valence-electron chi connectivity index (χ4n) is 5.28. The van der Waals surface area contributed by atoms with E-state index >= 15 is 0 Å². The Bertz CT molecular complexity index is 1510. The summed E-state index contributed by atoms with van der Waals surface area (Å²) in [6.07, 6.45) is 2.95. The van der Waals surface area contributed by atoms with Crippen LogP contribution in [-0.4, -0.2) is 57.1 Å². The number of allylic oxidation sites excluding steroid dienone is 1. The van der Waals surface area contributed by atoms with Crippen LogP contribution in [0.3, 0.4) is 0 Å². The van der Waals surface area contributed by atoms with E-state index in [2.05, 4.69) is 10.6 Å². The second kappa shape index (κ2) is 12.4. The number of rotatable bonds is 10. The predicted octanol–water partition coefficient (Wildman–Crippen LogP) is 1.57. The molecule has 0 spiro atoms. The summed E-state index contributed by atoms with van der Waals surface area (Å²) in [6.45, 7) is 3.41. The summed E-state index contributed by atoms with van der Waals surface area (Å²) in [5.41, 5.74) is 7.29. The molecule has 6 N–H and O–H groups in total. The number of amides is 4. The molecule has 13 heteroatoms. The lowest BCUT2D eigenvalue weighted by Gasteiger charge is -2.28. The van der Waals surface area contributed by atoms with Crippen molar-refractivity contribution in [2.75, 3.05) is 4.90 Å². The lowest BCUT2D eigenvalue weighted by Crippen LogP contribution is -2.55. The maximum Gasteiger partial charge on any atom is 0.396 e. The first-order chi connectivity index (χ1) is 19.8. The van der Waals surface area contributed by atoms with Gasteiger partial charge in [-0.2, -0.15) is 0 Å². The van der Waals surface area contributed by atoms with Crippen LogP contribution in [-0.2, 0) is 36.6 Å². The van der Waals surface area contributed by atoms with Gasteiger partial charge in [0.05, 0.1) is 5.69 Å². The number of hydrogen-bond acceptors (Lipinski definition) is 6. The molecule has 2 aliphatic rings. The Morgan fingerprint density at radius 2 is 1.74 bits per heavy atom. The molecule has 222 valence electrons. The Kier molecular flexibility index (Phi) is 9.10. The van der Waals surface area contributed by atoms with Gasteiger partial charge < -0.3 is 26.2 Å². The first-order valence-electron chi connectivity index (χ1n) is 13.5. The third-order valence-corrected chi connectivity index (χ3v) is 8.23. The van der Waals surface area contributed by atoms with Gasteiger partial charge in [0, 0.05) is 30.5 Å². The van der Waals surface area contributed by atoms with Gasteiger partial charge in [-0.15, -0.1) is 0 Å². The number of carbonyl (C=O) groups excluding carboxylic acids is 5. The van der Waals surface area contributed by atoms with Crippen molar-refractivity contribution in [1.82, 2.24) is 10.6 Å². The molecule has 2 heterocycles. The number of primary amides is 1. The highest BCUT2D eigenvalue weighted by atomic mass is 31.2. The molecule has 0 unspecified atom stereocenters. The van der Waals surface area contributed by atoms with Crippen molar-refractivity contribution in [3.63, 3.8) is 0 Å². The van der Waals surface area contributed by atoms with E-state index in [1.807, 2.05) is 18.2 Å². The number of nitrogens with one attached hydrogen (secondary N) is 2. The van der Waals surface area contributed by atoms with Crippen molar-refractivity contribution < 1.29 is 38.3 Å². The molecular weight excluding hydrogens is 563 g/mol. The number of para-hydroxylation sites is 1. The number of nitrogens with two attached hydrogens (primary N) is 1. The van der Waals surface area contributed by atoms with Crippen LogP contribution in [0.2, 0.25) is 0 Å². The molecule has 0 saturated carbocycles. The Morgan fingerprint density at radius 1 is 1.10 bits per heavy atom. The van der Waals surface area contributed by atoms with Crippen molar-refractivity contribution in [2.45, 2.75) is 64.1 Å². The Morgan fingerprint density at radius 3 is 2.38 bits per heavy atom. The van der Waals surface area contributed by atoms with E-state index in [0.717, 1.165) is 11.1 Å². The standard InChI is InChI=1S/C29H33N4O8P/c1-16(18-7-9-20(10-8-18)29(38)42(39,40)41)14-25(35)32-22-12-11-19-4-3-5-21-15-23(33(26(19)21)28(22)37)27(36)31-17(2)6-13-24(30)34/h3-5,7-10,14,17,22-23H,6,11-13,15H2,1-2H3,(H2,30,34)(H,31,36)(H,32,35)(H2,39,40,41)/b16-14+/t17-,22+,23+/m1/s1. The van der Waals surface area contributed by atoms with Crippen LogP contribution >= 0.6 is 7.60 Å². The van der Waals surface area contributed by atoms with E-state index in [4.69, 9.17) is 15.5 Å². The van der Waals surface area contributed by atoms with Crippen LogP contribution in [0.15, 0.2) is 48.5 Å². The molecule has 0 saturated heterocycles. The quantitative estimate of drug-likeness (QED) is 0.201. The minimum Gasteiger partial charge on any atom is -0.370 e. The molecule has 4 rings (SSSR count). The van der Waals surface area contributed by atoms with Crippen LogP contribution < -0.4 is 21.3 Å². The molecule has 0 fully saturated rings. The Balaban J connectivity index is 1.50. The smallest absolute Gasteiger partial charge is 0.370 e. The van der Waals surface area contributed by atoms with Gasteiger partial charge in [0.15, 0.2) is 0 Å². The second-order valence-electron chi connectivity index (χ2n) is 10.6. The summed E-state index contributed by atoms with van der Waals surface area (Å²) in [4.78, 5) is 82.7. The normalized spacial score (nSPS) is 19.0. The zero-order valence-electron chi connectivity index (χ0n) is 23.2. The highest BCUT2D eigenvalue weighted by Gasteiger charge is 2.44. The van der Waals surface area contributed by atoms with Gasteiger partial charge in [0.1, 0.15) is 12.1 Å². The number of carbonyl (C=O) groups is 5. The average molecular weight is 597 g/mol. The molecule has 0 aromatic heterocycles. The molecule has 2 aromatic rings. The molecule has 0 radical (unpaired) electrons. The first-order valence-corrected chi connectivity index (χ1v) is 15.1. The lowest BCUT2D eigenvalue weighted by molar-refractivity contribution is -0.128. The van der Waals surface area contributed by atoms with Crippen molar-refractivity contribution in [1.29, 1.82) is 0 Å². The summed E-state index contributed by atoms with van der Waals surface area (Å²) in [5, 5.41) is 5.65. The minimum absolute atomic E-state index is 0.121. The van der Waals surface area contributed by atoms with Gasteiger partial charge in [0.2, 0.25) is 23.6 Å². The van der Waals surface area contributed by atoms with Crippen LogP contribution in [0.4, 0.5) is 5.69 Å². The van der Waals surface area contributed by atoms with Gasteiger partial charge >= 0.3 is 7.60 Å². The number of nitrogens with zero attached hydrogens (tertiary/aromatic N) is 1. The number of aryl methyl sites for hydroxylation is 1. The minimum atomic E-state index is -4.92. The first kappa shape index (κ1) is 30.8. The average Bonchev–Trinajstić information content (AvgIpc) is 3.27. The van der Waals surface area contributed by atoms with Gasteiger partial charge in [-0.3, -0.25) is 33.4 Å². The highest BCUT2D eigenvalue weighted by Crippen LogP contribution is 2.40. The zero-order chi connectivity index (χ0) is 30.8. The molecule has 0 aliphatic carbocycles.